The summed E-state index contributed by atoms with van der Waals surface area (Å²) in [7, 11) is 3.61. The molecule has 1 N–H and O–H groups in total. The number of aryl methyl sites for hydroxylation is 1. The number of hydrogen-bond donors (Lipinski definition) is 1. The van der Waals surface area contributed by atoms with Crippen molar-refractivity contribution in [3.63, 3.8) is 0 Å². The zero-order chi connectivity index (χ0) is 21.3. The second-order valence-electron chi connectivity index (χ2n) is 8.32. The van der Waals surface area contributed by atoms with E-state index < -0.39 is 0 Å². The summed E-state index contributed by atoms with van der Waals surface area (Å²) in [6.07, 6.45) is 6.92. The SMILES string of the molecule is CCC1CCc2sc(-c3nnc(SCC(=O)N(C)CC(=O)NC4CC4)n3C)cc2C1. The Kier molecular flexibility index (Phi) is 6.48. The molecule has 2 aromatic heterocycles. The molecule has 0 radical (unpaired) electrons. The number of carbonyl (C=O) groups is 2. The van der Waals surface area contributed by atoms with Crippen LogP contribution in [0.4, 0.5) is 0 Å². The number of likely N-dealkylation sites (N-methyl/N-ethyl adjacent to an activating group) is 1. The number of fused-ring (bicyclic) bond motifs is 1. The van der Waals surface area contributed by atoms with Crippen molar-refractivity contribution in [1.29, 1.82) is 0 Å². The van der Waals surface area contributed by atoms with Crippen molar-refractivity contribution >= 4 is 34.9 Å². The average Bonchev–Trinajstić information content (AvgIpc) is 3.31. The van der Waals surface area contributed by atoms with Crippen LogP contribution in [0.5, 0.6) is 0 Å². The van der Waals surface area contributed by atoms with Gasteiger partial charge in [-0.05, 0) is 49.7 Å². The van der Waals surface area contributed by atoms with Crippen LogP contribution in [0.25, 0.3) is 10.7 Å². The molecule has 7 nitrogen and oxygen atoms in total. The van der Waals surface area contributed by atoms with E-state index >= 15 is 0 Å². The van der Waals surface area contributed by atoms with Crippen molar-refractivity contribution < 1.29 is 9.59 Å². The lowest BCUT2D eigenvalue weighted by atomic mass is 9.87. The molecular weight excluding hydrogens is 418 g/mol. The molecule has 1 saturated carbocycles. The van der Waals surface area contributed by atoms with E-state index in [9.17, 15) is 9.59 Å². The van der Waals surface area contributed by atoms with Gasteiger partial charge in [0.15, 0.2) is 11.0 Å². The zero-order valence-corrected chi connectivity index (χ0v) is 19.4. The van der Waals surface area contributed by atoms with Crippen molar-refractivity contribution in [2.75, 3.05) is 19.3 Å². The lowest BCUT2D eigenvalue weighted by Crippen LogP contribution is -2.39. The van der Waals surface area contributed by atoms with E-state index in [0.717, 1.165) is 42.3 Å². The van der Waals surface area contributed by atoms with Gasteiger partial charge in [0.25, 0.3) is 0 Å². The number of amides is 2. The Bertz CT molecular complexity index is 934. The first-order valence-corrected chi connectivity index (χ1v) is 12.4. The number of hydrogen-bond acceptors (Lipinski definition) is 6. The van der Waals surface area contributed by atoms with E-state index in [1.165, 1.54) is 39.9 Å². The molecule has 0 spiro atoms. The van der Waals surface area contributed by atoms with Crippen LogP contribution in [0.2, 0.25) is 0 Å². The van der Waals surface area contributed by atoms with Gasteiger partial charge in [-0.3, -0.25) is 9.59 Å². The van der Waals surface area contributed by atoms with Crippen LogP contribution in [0.1, 0.15) is 43.0 Å². The zero-order valence-electron chi connectivity index (χ0n) is 17.8. The molecule has 2 aliphatic carbocycles. The summed E-state index contributed by atoms with van der Waals surface area (Å²) in [6, 6.07) is 2.58. The highest BCUT2D eigenvalue weighted by atomic mass is 32.2. The third-order valence-corrected chi connectivity index (χ3v) is 8.13. The first-order chi connectivity index (χ1) is 14.4. The molecule has 9 heteroatoms. The van der Waals surface area contributed by atoms with Crippen LogP contribution in [0.15, 0.2) is 11.2 Å². The Morgan fingerprint density at radius 1 is 1.33 bits per heavy atom. The summed E-state index contributed by atoms with van der Waals surface area (Å²) in [4.78, 5) is 28.4. The van der Waals surface area contributed by atoms with Crippen molar-refractivity contribution in [2.45, 2.75) is 56.6 Å². The molecule has 2 heterocycles. The minimum atomic E-state index is -0.0914. The number of nitrogens with one attached hydrogen (secondary N) is 1. The van der Waals surface area contributed by atoms with Crippen molar-refractivity contribution in [3.05, 3.63) is 16.5 Å². The largest absolute Gasteiger partial charge is 0.352 e. The maximum Gasteiger partial charge on any atom is 0.239 e. The number of nitrogens with zero attached hydrogens (tertiary/aromatic N) is 4. The molecule has 1 atom stereocenters. The number of carbonyl (C=O) groups excluding carboxylic acids is 2. The van der Waals surface area contributed by atoms with Crippen molar-refractivity contribution in [2.24, 2.45) is 13.0 Å². The molecule has 2 aliphatic rings. The van der Waals surface area contributed by atoms with Gasteiger partial charge in [-0.25, -0.2) is 0 Å². The monoisotopic (exact) mass is 447 g/mol. The Hall–Kier alpha value is -1.87. The summed E-state index contributed by atoms with van der Waals surface area (Å²) in [5.41, 5.74) is 1.46. The maximum atomic E-state index is 12.4. The van der Waals surface area contributed by atoms with Gasteiger partial charge in [0.2, 0.25) is 11.8 Å². The molecule has 0 aromatic carbocycles. The topological polar surface area (TPSA) is 80.1 Å². The fourth-order valence-electron chi connectivity index (χ4n) is 3.75. The Morgan fingerprint density at radius 3 is 2.87 bits per heavy atom. The highest BCUT2D eigenvalue weighted by Crippen LogP contribution is 2.38. The predicted octanol–water partition coefficient (Wildman–Crippen LogP) is 2.89. The van der Waals surface area contributed by atoms with Crippen LogP contribution in [-0.2, 0) is 29.5 Å². The second-order valence-corrected chi connectivity index (χ2v) is 10.4. The van der Waals surface area contributed by atoms with Crippen LogP contribution >= 0.6 is 23.1 Å². The number of thiophene rings is 1. The van der Waals surface area contributed by atoms with Gasteiger partial charge in [-0.2, -0.15) is 0 Å². The Labute approximate surface area is 185 Å². The second kappa shape index (κ2) is 9.09. The molecule has 1 fully saturated rings. The Balaban J connectivity index is 1.35. The van der Waals surface area contributed by atoms with Crippen LogP contribution in [0, 0.1) is 5.92 Å². The summed E-state index contributed by atoms with van der Waals surface area (Å²) in [5.74, 6) is 1.70. The third kappa shape index (κ3) is 4.88. The van der Waals surface area contributed by atoms with E-state index in [1.54, 1.807) is 7.05 Å². The molecule has 2 aromatic rings. The van der Waals surface area contributed by atoms with Gasteiger partial charge in [0.1, 0.15) is 0 Å². The fraction of sp³-hybridized carbons (Fsp3) is 0.619. The average molecular weight is 448 g/mol. The van der Waals surface area contributed by atoms with Gasteiger partial charge in [-0.15, -0.1) is 21.5 Å². The smallest absolute Gasteiger partial charge is 0.239 e. The molecule has 0 aliphatic heterocycles. The highest BCUT2D eigenvalue weighted by Gasteiger charge is 2.25. The van der Waals surface area contributed by atoms with Crippen LogP contribution in [0.3, 0.4) is 0 Å². The molecule has 1 unspecified atom stereocenters. The Morgan fingerprint density at radius 2 is 2.13 bits per heavy atom. The summed E-state index contributed by atoms with van der Waals surface area (Å²) >= 11 is 3.18. The maximum absolute atomic E-state index is 12.4. The van der Waals surface area contributed by atoms with Crippen LogP contribution in [-0.4, -0.2) is 56.9 Å². The highest BCUT2D eigenvalue weighted by molar-refractivity contribution is 7.99. The normalized spacial score (nSPS) is 18.2. The van der Waals surface area contributed by atoms with E-state index in [0.29, 0.717) is 11.2 Å². The van der Waals surface area contributed by atoms with E-state index in [-0.39, 0.29) is 24.1 Å². The minimum Gasteiger partial charge on any atom is -0.352 e. The lowest BCUT2D eigenvalue weighted by molar-refractivity contribution is -0.132. The molecule has 30 heavy (non-hydrogen) atoms. The van der Waals surface area contributed by atoms with Gasteiger partial charge < -0.3 is 14.8 Å². The van der Waals surface area contributed by atoms with Gasteiger partial charge >= 0.3 is 0 Å². The summed E-state index contributed by atoms with van der Waals surface area (Å²) in [5, 5.41) is 12.3. The van der Waals surface area contributed by atoms with E-state index in [2.05, 4.69) is 28.5 Å². The van der Waals surface area contributed by atoms with Crippen molar-refractivity contribution in [3.8, 4) is 10.7 Å². The quantitative estimate of drug-likeness (QED) is 0.630. The van der Waals surface area contributed by atoms with Crippen molar-refractivity contribution in [1.82, 2.24) is 25.0 Å². The van der Waals surface area contributed by atoms with Gasteiger partial charge in [0.05, 0.1) is 17.2 Å². The van der Waals surface area contributed by atoms with E-state index in [4.69, 9.17) is 0 Å². The minimum absolute atomic E-state index is 0.0901. The predicted molar refractivity (Wildman–Crippen MR) is 120 cm³/mol. The fourth-order valence-corrected chi connectivity index (χ4v) is 5.83. The first-order valence-electron chi connectivity index (χ1n) is 10.6. The number of rotatable bonds is 8. The molecule has 2 amide bonds. The molecule has 0 saturated heterocycles. The third-order valence-electron chi connectivity index (χ3n) is 5.89. The molecule has 4 rings (SSSR count). The standard InChI is InChI=1S/C21H29N5O2S2/c1-4-13-5-8-16-14(9-13)10-17(30-16)20-23-24-21(26(20)3)29-12-19(28)25(2)11-18(27)22-15-6-7-15/h10,13,15H,4-9,11-12H2,1-3H3,(H,22,27). The summed E-state index contributed by atoms with van der Waals surface area (Å²) < 4.78 is 1.96. The molecule has 162 valence electrons. The van der Waals surface area contributed by atoms with Gasteiger partial charge in [-0.1, -0.05) is 25.1 Å². The molecular formula is C21H29N5O2S2. The number of aromatic nitrogens is 3. The lowest BCUT2D eigenvalue weighted by Gasteiger charge is -2.19. The first kappa shape index (κ1) is 21.4. The number of thioether (sulfide) groups is 1. The van der Waals surface area contributed by atoms with Gasteiger partial charge in [0, 0.05) is 25.0 Å². The van der Waals surface area contributed by atoms with Crippen LogP contribution < -0.4 is 5.32 Å². The molecule has 0 bridgehead atoms. The van der Waals surface area contributed by atoms with E-state index in [1.807, 2.05) is 23.0 Å². The summed E-state index contributed by atoms with van der Waals surface area (Å²) in [6.45, 7) is 2.37.